The SMILES string of the molecule is CN(Cc1ccc(Cl)cc1)N1C(=O)[C@@H](c2ccccc2)c2ccccc21. The second-order valence-electron chi connectivity index (χ2n) is 6.49. The second-order valence-corrected chi connectivity index (χ2v) is 6.93. The smallest absolute Gasteiger partial charge is 0.253 e. The summed E-state index contributed by atoms with van der Waals surface area (Å²) in [5, 5.41) is 4.47. The monoisotopic (exact) mass is 362 g/mol. The van der Waals surface area contributed by atoms with Crippen LogP contribution < -0.4 is 5.01 Å². The van der Waals surface area contributed by atoms with Crippen LogP contribution >= 0.6 is 11.6 Å². The predicted molar refractivity (Wildman–Crippen MR) is 105 cm³/mol. The normalized spacial score (nSPS) is 16.2. The van der Waals surface area contributed by atoms with Crippen LogP contribution in [-0.2, 0) is 11.3 Å². The lowest BCUT2D eigenvalue weighted by molar-refractivity contribution is -0.121. The Balaban J connectivity index is 1.68. The summed E-state index contributed by atoms with van der Waals surface area (Å²) in [6, 6.07) is 25.7. The maximum Gasteiger partial charge on any atom is 0.253 e. The first kappa shape index (κ1) is 16.8. The van der Waals surface area contributed by atoms with E-state index in [4.69, 9.17) is 11.6 Å². The highest BCUT2D eigenvalue weighted by atomic mass is 35.5. The molecule has 4 heteroatoms. The van der Waals surface area contributed by atoms with Gasteiger partial charge < -0.3 is 0 Å². The Kier molecular flexibility index (Phi) is 4.49. The van der Waals surface area contributed by atoms with Crippen LogP contribution in [0.3, 0.4) is 0 Å². The summed E-state index contributed by atoms with van der Waals surface area (Å²) < 4.78 is 0. The van der Waals surface area contributed by atoms with E-state index in [1.54, 1.807) is 5.01 Å². The third-order valence-electron chi connectivity index (χ3n) is 4.73. The van der Waals surface area contributed by atoms with Crippen molar-refractivity contribution >= 4 is 23.2 Å². The van der Waals surface area contributed by atoms with Crippen LogP contribution in [0.2, 0.25) is 5.02 Å². The molecule has 0 radical (unpaired) electrons. The minimum absolute atomic E-state index is 0.0777. The molecule has 1 aliphatic rings. The van der Waals surface area contributed by atoms with E-state index in [-0.39, 0.29) is 11.8 Å². The zero-order chi connectivity index (χ0) is 18.1. The summed E-state index contributed by atoms with van der Waals surface area (Å²) >= 11 is 5.97. The van der Waals surface area contributed by atoms with Crippen molar-refractivity contribution in [2.75, 3.05) is 12.1 Å². The molecule has 0 saturated heterocycles. The second kappa shape index (κ2) is 6.94. The van der Waals surface area contributed by atoms with Gasteiger partial charge in [-0.3, -0.25) is 4.79 Å². The van der Waals surface area contributed by atoms with Gasteiger partial charge in [-0.1, -0.05) is 72.3 Å². The zero-order valence-electron chi connectivity index (χ0n) is 14.5. The van der Waals surface area contributed by atoms with Crippen LogP contribution in [0.5, 0.6) is 0 Å². The maximum atomic E-state index is 13.3. The Bertz CT molecular complexity index is 924. The van der Waals surface area contributed by atoms with Crippen molar-refractivity contribution in [1.29, 1.82) is 0 Å². The highest BCUT2D eigenvalue weighted by molar-refractivity contribution is 6.30. The van der Waals surface area contributed by atoms with Crippen molar-refractivity contribution in [3.05, 3.63) is 101 Å². The van der Waals surface area contributed by atoms with Gasteiger partial charge in [0, 0.05) is 18.6 Å². The molecule has 1 atom stereocenters. The van der Waals surface area contributed by atoms with Crippen LogP contribution in [-0.4, -0.2) is 18.0 Å². The molecule has 1 aliphatic heterocycles. The maximum absolute atomic E-state index is 13.3. The molecule has 0 aliphatic carbocycles. The summed E-state index contributed by atoms with van der Waals surface area (Å²) in [6.07, 6.45) is 0. The predicted octanol–water partition coefficient (Wildman–Crippen LogP) is 4.87. The van der Waals surface area contributed by atoms with Gasteiger partial charge in [-0.15, -0.1) is 0 Å². The molecule has 3 aromatic carbocycles. The number of nitrogens with zero attached hydrogens (tertiary/aromatic N) is 2. The van der Waals surface area contributed by atoms with Crippen LogP contribution in [0.25, 0.3) is 0 Å². The fraction of sp³-hybridized carbons (Fsp3) is 0.136. The molecule has 0 saturated carbocycles. The first-order valence-corrected chi connectivity index (χ1v) is 8.96. The lowest BCUT2D eigenvalue weighted by Gasteiger charge is -2.29. The van der Waals surface area contributed by atoms with Crippen molar-refractivity contribution in [3.8, 4) is 0 Å². The molecule has 4 rings (SSSR count). The summed E-state index contributed by atoms with van der Waals surface area (Å²) in [4.78, 5) is 13.3. The molecule has 0 N–H and O–H groups in total. The number of para-hydroxylation sites is 1. The van der Waals surface area contributed by atoms with Crippen molar-refractivity contribution in [1.82, 2.24) is 5.01 Å². The molecule has 0 bridgehead atoms. The Morgan fingerprint density at radius 1 is 0.923 bits per heavy atom. The van der Waals surface area contributed by atoms with Gasteiger partial charge in [-0.25, -0.2) is 10.0 Å². The van der Waals surface area contributed by atoms with Gasteiger partial charge in [-0.2, -0.15) is 0 Å². The number of hydrogen-bond acceptors (Lipinski definition) is 2. The van der Waals surface area contributed by atoms with Gasteiger partial charge in [0.1, 0.15) is 0 Å². The lowest BCUT2D eigenvalue weighted by atomic mass is 9.93. The van der Waals surface area contributed by atoms with Crippen LogP contribution in [0.1, 0.15) is 22.6 Å². The minimum Gasteiger partial charge on any atom is -0.272 e. The number of amides is 1. The molecule has 26 heavy (non-hydrogen) atoms. The van der Waals surface area contributed by atoms with E-state index in [1.165, 1.54) is 0 Å². The summed E-state index contributed by atoms with van der Waals surface area (Å²) in [5.41, 5.74) is 4.12. The Morgan fingerprint density at radius 3 is 2.31 bits per heavy atom. The standard InChI is InChI=1S/C22H19ClN2O/c1-24(15-16-11-13-18(23)14-12-16)25-20-10-6-5-9-19(20)21(22(25)26)17-7-3-2-4-8-17/h2-14,21H,15H2,1H3/t21-/m0/s1. The third-order valence-corrected chi connectivity index (χ3v) is 4.98. The van der Waals surface area contributed by atoms with E-state index in [0.29, 0.717) is 11.6 Å². The van der Waals surface area contributed by atoms with Crippen LogP contribution in [0.4, 0.5) is 5.69 Å². The third kappa shape index (κ3) is 3.00. The number of benzene rings is 3. The van der Waals surface area contributed by atoms with Gasteiger partial charge in [0.2, 0.25) is 0 Å². The number of carbonyl (C=O) groups is 1. The fourth-order valence-corrected chi connectivity index (χ4v) is 3.67. The number of anilines is 1. The highest BCUT2D eigenvalue weighted by Gasteiger charge is 2.39. The van der Waals surface area contributed by atoms with Gasteiger partial charge in [0.05, 0.1) is 11.6 Å². The molecule has 1 amide bonds. The number of rotatable bonds is 4. The molecular weight excluding hydrogens is 344 g/mol. The molecule has 3 nitrogen and oxygen atoms in total. The van der Waals surface area contributed by atoms with Crippen molar-refractivity contribution in [2.24, 2.45) is 0 Å². The molecule has 0 fully saturated rings. The number of hydrazine groups is 1. The zero-order valence-corrected chi connectivity index (χ0v) is 15.2. The summed E-state index contributed by atoms with van der Waals surface area (Å²) in [7, 11) is 1.94. The molecule has 0 unspecified atom stereocenters. The largest absolute Gasteiger partial charge is 0.272 e. The van der Waals surface area contributed by atoms with Gasteiger partial charge in [0.15, 0.2) is 0 Å². The average molecular weight is 363 g/mol. The van der Waals surface area contributed by atoms with E-state index >= 15 is 0 Å². The average Bonchev–Trinajstić information content (AvgIpc) is 2.96. The molecule has 0 aromatic heterocycles. The quantitative estimate of drug-likeness (QED) is 0.661. The minimum atomic E-state index is -0.264. The van der Waals surface area contributed by atoms with E-state index in [0.717, 1.165) is 22.4 Å². The Labute approximate surface area is 158 Å². The van der Waals surface area contributed by atoms with Crippen molar-refractivity contribution < 1.29 is 4.79 Å². The summed E-state index contributed by atoms with van der Waals surface area (Å²) in [6.45, 7) is 0.624. The molecular formula is C22H19ClN2O. The molecule has 1 heterocycles. The van der Waals surface area contributed by atoms with Crippen LogP contribution in [0.15, 0.2) is 78.9 Å². The Morgan fingerprint density at radius 2 is 1.58 bits per heavy atom. The van der Waals surface area contributed by atoms with Gasteiger partial charge in [-0.05, 0) is 34.9 Å². The molecule has 3 aromatic rings. The fourth-order valence-electron chi connectivity index (χ4n) is 3.54. The number of halogens is 1. The highest BCUT2D eigenvalue weighted by Crippen LogP contribution is 2.41. The first-order chi connectivity index (χ1) is 12.6. The topological polar surface area (TPSA) is 23.6 Å². The van der Waals surface area contributed by atoms with E-state index in [2.05, 4.69) is 0 Å². The first-order valence-electron chi connectivity index (χ1n) is 8.58. The van der Waals surface area contributed by atoms with Gasteiger partial charge >= 0.3 is 0 Å². The summed E-state index contributed by atoms with van der Waals surface area (Å²) in [5.74, 6) is -0.186. The molecule has 0 spiro atoms. The number of carbonyl (C=O) groups excluding carboxylic acids is 1. The van der Waals surface area contributed by atoms with Crippen LogP contribution in [0, 0.1) is 0 Å². The molecule has 130 valence electrons. The lowest BCUT2D eigenvalue weighted by Crippen LogP contribution is -2.42. The van der Waals surface area contributed by atoms with E-state index in [9.17, 15) is 4.79 Å². The number of hydrogen-bond donors (Lipinski definition) is 0. The number of fused-ring (bicyclic) bond motifs is 1. The van der Waals surface area contributed by atoms with E-state index < -0.39 is 0 Å². The Hall–Kier alpha value is -2.62. The van der Waals surface area contributed by atoms with Gasteiger partial charge in [0.25, 0.3) is 5.91 Å². The van der Waals surface area contributed by atoms with Crippen molar-refractivity contribution in [3.63, 3.8) is 0 Å². The van der Waals surface area contributed by atoms with Crippen molar-refractivity contribution in [2.45, 2.75) is 12.5 Å². The van der Waals surface area contributed by atoms with E-state index in [1.807, 2.05) is 90.9 Å².